The van der Waals surface area contributed by atoms with Crippen LogP contribution in [0.2, 0.25) is 5.02 Å². The maximum absolute atomic E-state index is 13.2. The summed E-state index contributed by atoms with van der Waals surface area (Å²) < 4.78 is 19.2. The normalized spacial score (nSPS) is 11.1. The van der Waals surface area contributed by atoms with Crippen molar-refractivity contribution >= 4 is 39.1 Å². The fraction of sp³-hybridized carbons (Fsp3) is 0.200. The standard InChI is InChI=1S/C20H18BrClFN7O/c1-12-19(21)13(2)30(26-12)11-28-6-5-18(27-28)20(31)25-16-8-24-29(10-16)9-14-3-4-15(23)7-17(14)22/h3-8,10H,9,11H2,1-2H3,(H,25,31). The lowest BCUT2D eigenvalue weighted by Gasteiger charge is -2.05. The zero-order valence-electron chi connectivity index (χ0n) is 16.7. The molecule has 0 bridgehead atoms. The molecule has 0 saturated carbocycles. The zero-order chi connectivity index (χ0) is 22.1. The minimum absolute atomic E-state index is 0.273. The first-order valence-corrected chi connectivity index (χ1v) is 10.5. The van der Waals surface area contributed by atoms with Gasteiger partial charge in [-0.3, -0.25) is 14.2 Å². The average molecular weight is 507 g/mol. The van der Waals surface area contributed by atoms with Crippen molar-refractivity contribution in [1.29, 1.82) is 0 Å². The molecule has 0 aliphatic carbocycles. The molecule has 0 spiro atoms. The molecule has 1 amide bonds. The van der Waals surface area contributed by atoms with Crippen molar-refractivity contribution in [2.45, 2.75) is 27.1 Å². The summed E-state index contributed by atoms with van der Waals surface area (Å²) in [4.78, 5) is 12.5. The number of nitrogens with zero attached hydrogens (tertiary/aromatic N) is 6. The first-order chi connectivity index (χ1) is 14.8. The molecule has 4 aromatic rings. The van der Waals surface area contributed by atoms with Crippen molar-refractivity contribution in [2.75, 3.05) is 5.32 Å². The van der Waals surface area contributed by atoms with Crippen LogP contribution in [0.5, 0.6) is 0 Å². The molecule has 4 rings (SSSR count). The van der Waals surface area contributed by atoms with Crippen molar-refractivity contribution in [3.8, 4) is 0 Å². The number of benzene rings is 1. The highest BCUT2D eigenvalue weighted by atomic mass is 79.9. The van der Waals surface area contributed by atoms with Gasteiger partial charge in [0.1, 0.15) is 12.5 Å². The molecule has 3 heterocycles. The smallest absolute Gasteiger partial charge is 0.276 e. The third-order valence-electron chi connectivity index (χ3n) is 4.68. The lowest BCUT2D eigenvalue weighted by Crippen LogP contribution is -2.15. The highest BCUT2D eigenvalue weighted by Gasteiger charge is 2.14. The van der Waals surface area contributed by atoms with E-state index in [4.69, 9.17) is 11.6 Å². The van der Waals surface area contributed by atoms with Crippen molar-refractivity contribution in [2.24, 2.45) is 0 Å². The molecule has 0 unspecified atom stereocenters. The van der Waals surface area contributed by atoms with Gasteiger partial charge in [-0.25, -0.2) is 9.07 Å². The van der Waals surface area contributed by atoms with Gasteiger partial charge in [-0.2, -0.15) is 15.3 Å². The van der Waals surface area contributed by atoms with Crippen LogP contribution in [0.4, 0.5) is 10.1 Å². The van der Waals surface area contributed by atoms with Gasteiger partial charge < -0.3 is 5.32 Å². The predicted octanol–water partition coefficient (Wildman–Crippen LogP) is 4.25. The van der Waals surface area contributed by atoms with Gasteiger partial charge >= 0.3 is 0 Å². The summed E-state index contributed by atoms with van der Waals surface area (Å²) in [5, 5.41) is 16.1. The molecule has 0 aliphatic rings. The fourth-order valence-corrected chi connectivity index (χ4v) is 3.56. The van der Waals surface area contributed by atoms with Gasteiger partial charge in [0.25, 0.3) is 5.91 Å². The Balaban J connectivity index is 1.40. The van der Waals surface area contributed by atoms with Crippen LogP contribution in [0.15, 0.2) is 47.3 Å². The molecule has 0 atom stereocenters. The lowest BCUT2D eigenvalue weighted by atomic mass is 10.2. The number of halogens is 3. The van der Waals surface area contributed by atoms with E-state index in [1.807, 2.05) is 13.8 Å². The van der Waals surface area contributed by atoms with Gasteiger partial charge in [-0.15, -0.1) is 0 Å². The molecule has 8 nitrogen and oxygen atoms in total. The van der Waals surface area contributed by atoms with Crippen molar-refractivity contribution in [1.82, 2.24) is 29.3 Å². The van der Waals surface area contributed by atoms with E-state index in [1.165, 1.54) is 18.3 Å². The van der Waals surface area contributed by atoms with E-state index in [-0.39, 0.29) is 11.6 Å². The second-order valence-corrected chi connectivity index (χ2v) is 8.18. The van der Waals surface area contributed by atoms with E-state index in [1.54, 1.807) is 38.6 Å². The summed E-state index contributed by atoms with van der Waals surface area (Å²) in [5.74, 6) is -0.750. The van der Waals surface area contributed by atoms with Crippen LogP contribution >= 0.6 is 27.5 Å². The maximum Gasteiger partial charge on any atom is 0.276 e. The first kappa shape index (κ1) is 21.3. The Labute approximate surface area is 190 Å². The second-order valence-electron chi connectivity index (χ2n) is 6.98. The van der Waals surface area contributed by atoms with Crippen LogP contribution in [0, 0.1) is 19.7 Å². The molecule has 31 heavy (non-hydrogen) atoms. The maximum atomic E-state index is 13.2. The second kappa shape index (κ2) is 8.64. The molecule has 1 N–H and O–H groups in total. The summed E-state index contributed by atoms with van der Waals surface area (Å²) in [6.07, 6.45) is 4.92. The van der Waals surface area contributed by atoms with Gasteiger partial charge in [-0.1, -0.05) is 17.7 Å². The van der Waals surface area contributed by atoms with Crippen LogP contribution in [0.3, 0.4) is 0 Å². The van der Waals surface area contributed by atoms with Crippen molar-refractivity contribution in [3.05, 3.63) is 80.8 Å². The summed E-state index contributed by atoms with van der Waals surface area (Å²) in [6, 6.07) is 5.84. The molecular formula is C20H18BrClFN7O. The van der Waals surface area contributed by atoms with Gasteiger partial charge in [0.2, 0.25) is 0 Å². The number of carbonyl (C=O) groups excluding carboxylic acids is 1. The van der Waals surface area contributed by atoms with Gasteiger partial charge in [-0.05, 0) is 53.5 Å². The minimum Gasteiger partial charge on any atom is -0.318 e. The summed E-state index contributed by atoms with van der Waals surface area (Å²) in [5.41, 5.74) is 3.38. The number of hydrogen-bond acceptors (Lipinski definition) is 4. The SMILES string of the molecule is Cc1nn(Cn2ccc(C(=O)Nc3cnn(Cc4ccc(F)cc4Cl)c3)n2)c(C)c1Br. The van der Waals surface area contributed by atoms with Crippen LogP contribution in [-0.4, -0.2) is 35.2 Å². The Hall–Kier alpha value is -2.98. The van der Waals surface area contributed by atoms with Crippen molar-refractivity contribution in [3.63, 3.8) is 0 Å². The van der Waals surface area contributed by atoms with E-state index < -0.39 is 5.82 Å². The highest BCUT2D eigenvalue weighted by molar-refractivity contribution is 9.10. The van der Waals surface area contributed by atoms with Gasteiger partial charge in [0.15, 0.2) is 5.69 Å². The number of aromatic nitrogens is 6. The first-order valence-electron chi connectivity index (χ1n) is 9.31. The topological polar surface area (TPSA) is 82.6 Å². The van der Waals surface area contributed by atoms with E-state index in [0.29, 0.717) is 23.9 Å². The summed E-state index contributed by atoms with van der Waals surface area (Å²) in [6.45, 7) is 4.61. The number of rotatable bonds is 6. The molecule has 1 aromatic carbocycles. The summed E-state index contributed by atoms with van der Waals surface area (Å²) >= 11 is 9.56. The zero-order valence-corrected chi connectivity index (χ0v) is 19.0. The number of hydrogen-bond donors (Lipinski definition) is 1. The van der Waals surface area contributed by atoms with Gasteiger partial charge in [0, 0.05) is 17.4 Å². The molecular weight excluding hydrogens is 489 g/mol. The summed E-state index contributed by atoms with van der Waals surface area (Å²) in [7, 11) is 0. The Morgan fingerprint density at radius 3 is 2.74 bits per heavy atom. The Bertz CT molecular complexity index is 1260. The fourth-order valence-electron chi connectivity index (χ4n) is 3.05. The number of amides is 1. The number of aryl methyl sites for hydroxylation is 1. The molecule has 0 radical (unpaired) electrons. The molecule has 0 aliphatic heterocycles. The monoisotopic (exact) mass is 505 g/mol. The quantitative estimate of drug-likeness (QED) is 0.424. The molecule has 0 saturated heterocycles. The van der Waals surface area contributed by atoms with Gasteiger partial charge in [0.05, 0.1) is 34.3 Å². The third kappa shape index (κ3) is 4.70. The van der Waals surface area contributed by atoms with Crippen LogP contribution in [-0.2, 0) is 13.2 Å². The molecule has 3 aromatic heterocycles. The van der Waals surface area contributed by atoms with Crippen LogP contribution in [0.1, 0.15) is 27.4 Å². The van der Waals surface area contributed by atoms with Crippen LogP contribution < -0.4 is 5.32 Å². The number of carbonyl (C=O) groups is 1. The van der Waals surface area contributed by atoms with E-state index >= 15 is 0 Å². The van der Waals surface area contributed by atoms with Crippen molar-refractivity contribution < 1.29 is 9.18 Å². The van der Waals surface area contributed by atoms with E-state index in [0.717, 1.165) is 21.4 Å². The van der Waals surface area contributed by atoms with E-state index in [9.17, 15) is 9.18 Å². The molecule has 160 valence electrons. The third-order valence-corrected chi connectivity index (χ3v) is 6.18. The Morgan fingerprint density at radius 2 is 2.03 bits per heavy atom. The highest BCUT2D eigenvalue weighted by Crippen LogP contribution is 2.20. The predicted molar refractivity (Wildman–Crippen MR) is 118 cm³/mol. The Kier molecular flexibility index (Phi) is 5.92. The van der Waals surface area contributed by atoms with E-state index in [2.05, 4.69) is 36.5 Å². The molecule has 0 fully saturated rings. The Morgan fingerprint density at radius 1 is 1.23 bits per heavy atom. The lowest BCUT2D eigenvalue weighted by molar-refractivity contribution is 0.102. The largest absolute Gasteiger partial charge is 0.318 e. The number of anilines is 1. The number of nitrogens with one attached hydrogen (secondary N) is 1. The van der Waals surface area contributed by atoms with Crippen LogP contribution in [0.25, 0.3) is 0 Å². The average Bonchev–Trinajstić information content (AvgIpc) is 3.42. The minimum atomic E-state index is -0.396. The molecule has 11 heteroatoms.